The van der Waals surface area contributed by atoms with Crippen LogP contribution in [0.15, 0.2) is 30.5 Å². The predicted molar refractivity (Wildman–Crippen MR) is 104 cm³/mol. The van der Waals surface area contributed by atoms with E-state index in [1.165, 1.54) is 0 Å². The second-order valence-corrected chi connectivity index (χ2v) is 6.47. The summed E-state index contributed by atoms with van der Waals surface area (Å²) >= 11 is 0. The molecule has 3 rings (SSSR count). The minimum Gasteiger partial charge on any atom is -0.497 e. The maximum absolute atomic E-state index is 12.7. The molecule has 142 valence electrons. The average Bonchev–Trinajstić information content (AvgIpc) is 3.16. The van der Waals surface area contributed by atoms with E-state index >= 15 is 0 Å². The van der Waals surface area contributed by atoms with E-state index in [4.69, 9.17) is 4.74 Å². The van der Waals surface area contributed by atoms with Crippen LogP contribution in [0, 0.1) is 20.8 Å². The first-order valence-corrected chi connectivity index (χ1v) is 8.95. The van der Waals surface area contributed by atoms with E-state index in [1.807, 2.05) is 56.6 Å². The number of benzene rings is 1. The van der Waals surface area contributed by atoms with Crippen LogP contribution in [-0.4, -0.2) is 32.6 Å². The zero-order chi connectivity index (χ0) is 19.6. The van der Waals surface area contributed by atoms with E-state index in [0.29, 0.717) is 12.1 Å². The zero-order valence-electron chi connectivity index (χ0n) is 16.4. The molecule has 3 aromatic rings. The number of methoxy groups -OCH3 is 1. The maximum atomic E-state index is 12.7. The van der Waals surface area contributed by atoms with Crippen molar-refractivity contribution in [2.45, 2.75) is 40.8 Å². The summed E-state index contributed by atoms with van der Waals surface area (Å²) in [6, 6.07) is 7.88. The Morgan fingerprint density at radius 2 is 1.96 bits per heavy atom. The Hall–Kier alpha value is -3.09. The Morgan fingerprint density at radius 1 is 1.19 bits per heavy atom. The number of nitrogens with one attached hydrogen (secondary N) is 1. The van der Waals surface area contributed by atoms with Crippen LogP contribution in [0.2, 0.25) is 0 Å². The minimum absolute atomic E-state index is 0.167. The van der Waals surface area contributed by atoms with Gasteiger partial charge in [-0.15, -0.1) is 0 Å². The summed E-state index contributed by atoms with van der Waals surface area (Å²) in [5.74, 6) is 0.644. The summed E-state index contributed by atoms with van der Waals surface area (Å²) < 4.78 is 8.98. The highest BCUT2D eigenvalue weighted by Crippen LogP contribution is 2.23. The number of anilines is 1. The standard InChI is InChI=1S/C20H25N5O2/c1-6-24-14(3)18(11-21-24)20(26)22-19-13(2)23-25(15(19)4)12-16-8-7-9-17(10-16)27-5/h7-11H,6,12H2,1-5H3,(H,22,26). The van der Waals surface area contributed by atoms with Gasteiger partial charge in [0.1, 0.15) is 5.75 Å². The van der Waals surface area contributed by atoms with Crippen LogP contribution in [0.4, 0.5) is 5.69 Å². The molecule has 1 N–H and O–H groups in total. The third-order valence-corrected chi connectivity index (χ3v) is 4.73. The van der Waals surface area contributed by atoms with E-state index in [0.717, 1.165) is 40.6 Å². The highest BCUT2D eigenvalue weighted by Gasteiger charge is 2.18. The lowest BCUT2D eigenvalue weighted by Gasteiger charge is -2.08. The summed E-state index contributed by atoms with van der Waals surface area (Å²) in [4.78, 5) is 12.7. The summed E-state index contributed by atoms with van der Waals surface area (Å²) in [6.45, 7) is 9.09. The predicted octanol–water partition coefficient (Wildman–Crippen LogP) is 3.33. The molecule has 0 saturated heterocycles. The highest BCUT2D eigenvalue weighted by molar-refractivity contribution is 6.05. The lowest BCUT2D eigenvalue weighted by molar-refractivity contribution is 0.102. The van der Waals surface area contributed by atoms with Crippen LogP contribution < -0.4 is 10.1 Å². The minimum atomic E-state index is -0.167. The first-order chi connectivity index (χ1) is 12.9. The molecule has 0 fully saturated rings. The molecule has 0 bridgehead atoms. The molecule has 2 heterocycles. The number of carbonyl (C=O) groups is 1. The lowest BCUT2D eigenvalue weighted by atomic mass is 10.2. The van der Waals surface area contributed by atoms with Gasteiger partial charge in [0.05, 0.1) is 42.5 Å². The van der Waals surface area contributed by atoms with Gasteiger partial charge in [0.2, 0.25) is 0 Å². The number of carbonyl (C=O) groups excluding carboxylic acids is 1. The van der Waals surface area contributed by atoms with Gasteiger partial charge in [-0.05, 0) is 45.4 Å². The van der Waals surface area contributed by atoms with Crippen molar-refractivity contribution in [3.63, 3.8) is 0 Å². The van der Waals surface area contributed by atoms with Crippen LogP contribution in [-0.2, 0) is 13.1 Å². The number of hydrogen-bond acceptors (Lipinski definition) is 4. The molecule has 0 aliphatic carbocycles. The quantitative estimate of drug-likeness (QED) is 0.725. The second kappa shape index (κ2) is 7.65. The molecule has 0 spiro atoms. The van der Waals surface area contributed by atoms with Crippen molar-refractivity contribution < 1.29 is 9.53 Å². The Labute approximate surface area is 159 Å². The van der Waals surface area contributed by atoms with Gasteiger partial charge in [0, 0.05) is 12.2 Å². The summed E-state index contributed by atoms with van der Waals surface area (Å²) in [5.41, 5.74) is 4.95. The number of nitrogens with zero attached hydrogens (tertiary/aromatic N) is 4. The topological polar surface area (TPSA) is 74.0 Å². The molecule has 2 aromatic heterocycles. The number of aryl methyl sites for hydroxylation is 2. The number of aromatic nitrogens is 4. The molecular weight excluding hydrogens is 342 g/mol. The molecule has 1 amide bonds. The fourth-order valence-corrected chi connectivity index (χ4v) is 3.14. The van der Waals surface area contributed by atoms with Crippen molar-refractivity contribution in [3.8, 4) is 5.75 Å². The fourth-order valence-electron chi connectivity index (χ4n) is 3.14. The normalized spacial score (nSPS) is 10.9. The van der Waals surface area contributed by atoms with Crippen LogP contribution in [0.1, 0.15) is 39.9 Å². The molecule has 7 nitrogen and oxygen atoms in total. The molecule has 0 atom stereocenters. The fraction of sp³-hybridized carbons (Fsp3) is 0.350. The Balaban J connectivity index is 1.82. The maximum Gasteiger partial charge on any atom is 0.259 e. The molecule has 0 radical (unpaired) electrons. The first-order valence-electron chi connectivity index (χ1n) is 8.95. The molecule has 7 heteroatoms. The Morgan fingerprint density at radius 3 is 2.63 bits per heavy atom. The molecule has 27 heavy (non-hydrogen) atoms. The van der Waals surface area contributed by atoms with Crippen molar-refractivity contribution in [2.24, 2.45) is 0 Å². The molecular formula is C20H25N5O2. The molecule has 0 unspecified atom stereocenters. The van der Waals surface area contributed by atoms with Crippen LogP contribution in [0.25, 0.3) is 0 Å². The van der Waals surface area contributed by atoms with Gasteiger partial charge in [-0.25, -0.2) is 0 Å². The van der Waals surface area contributed by atoms with Gasteiger partial charge in [0.25, 0.3) is 5.91 Å². The molecule has 0 aliphatic heterocycles. The number of rotatable bonds is 6. The van der Waals surface area contributed by atoms with Gasteiger partial charge in [-0.1, -0.05) is 12.1 Å². The third kappa shape index (κ3) is 3.72. The molecule has 0 saturated carbocycles. The van der Waals surface area contributed by atoms with Crippen molar-refractivity contribution >= 4 is 11.6 Å². The smallest absolute Gasteiger partial charge is 0.259 e. The van der Waals surface area contributed by atoms with Gasteiger partial charge in [-0.3, -0.25) is 14.2 Å². The SMILES string of the molecule is CCn1ncc(C(=O)Nc2c(C)nn(Cc3cccc(OC)c3)c2C)c1C. The van der Waals surface area contributed by atoms with Gasteiger partial charge < -0.3 is 10.1 Å². The van der Waals surface area contributed by atoms with E-state index in [-0.39, 0.29) is 5.91 Å². The lowest BCUT2D eigenvalue weighted by Crippen LogP contribution is -2.14. The van der Waals surface area contributed by atoms with Crippen LogP contribution in [0.5, 0.6) is 5.75 Å². The number of hydrogen-bond donors (Lipinski definition) is 1. The van der Waals surface area contributed by atoms with Crippen molar-refractivity contribution in [2.75, 3.05) is 12.4 Å². The van der Waals surface area contributed by atoms with Crippen molar-refractivity contribution in [1.29, 1.82) is 0 Å². The highest BCUT2D eigenvalue weighted by atomic mass is 16.5. The monoisotopic (exact) mass is 367 g/mol. The number of ether oxygens (including phenoxy) is 1. The van der Waals surface area contributed by atoms with E-state index in [9.17, 15) is 4.79 Å². The average molecular weight is 367 g/mol. The third-order valence-electron chi connectivity index (χ3n) is 4.73. The molecule has 1 aromatic carbocycles. The number of amides is 1. The zero-order valence-corrected chi connectivity index (χ0v) is 16.4. The summed E-state index contributed by atoms with van der Waals surface area (Å²) in [6.07, 6.45) is 1.61. The largest absolute Gasteiger partial charge is 0.497 e. The van der Waals surface area contributed by atoms with E-state index in [2.05, 4.69) is 15.5 Å². The van der Waals surface area contributed by atoms with Crippen molar-refractivity contribution in [1.82, 2.24) is 19.6 Å². The Kier molecular flexibility index (Phi) is 5.30. The van der Waals surface area contributed by atoms with Crippen LogP contribution in [0.3, 0.4) is 0 Å². The van der Waals surface area contributed by atoms with E-state index in [1.54, 1.807) is 18.0 Å². The first kappa shape index (κ1) is 18.7. The van der Waals surface area contributed by atoms with Gasteiger partial charge in [0.15, 0.2) is 0 Å². The van der Waals surface area contributed by atoms with Gasteiger partial charge in [-0.2, -0.15) is 10.2 Å². The molecule has 0 aliphatic rings. The van der Waals surface area contributed by atoms with E-state index < -0.39 is 0 Å². The summed E-state index contributed by atoms with van der Waals surface area (Å²) in [5, 5.41) is 11.8. The second-order valence-electron chi connectivity index (χ2n) is 6.47. The summed E-state index contributed by atoms with van der Waals surface area (Å²) in [7, 11) is 1.65. The van der Waals surface area contributed by atoms with Crippen molar-refractivity contribution in [3.05, 3.63) is 58.7 Å². The van der Waals surface area contributed by atoms with Crippen LogP contribution >= 0.6 is 0 Å². The Bertz CT molecular complexity index is 971. The van der Waals surface area contributed by atoms with Gasteiger partial charge >= 0.3 is 0 Å².